The molecule has 0 bridgehead atoms. The maximum Gasteiger partial charge on any atom is 0.339 e. The topological polar surface area (TPSA) is 90.6 Å². The van der Waals surface area contributed by atoms with E-state index in [1.807, 2.05) is 43.6 Å². The van der Waals surface area contributed by atoms with E-state index in [9.17, 15) is 9.59 Å². The summed E-state index contributed by atoms with van der Waals surface area (Å²) in [5.74, 6) is -0.701. The van der Waals surface area contributed by atoms with E-state index in [4.69, 9.17) is 4.74 Å². The zero-order chi connectivity index (χ0) is 24.8. The second-order valence-electron chi connectivity index (χ2n) is 8.73. The number of aryl methyl sites for hydroxylation is 1. The Morgan fingerprint density at radius 3 is 2.49 bits per heavy atom. The third-order valence-corrected chi connectivity index (χ3v) is 6.63. The van der Waals surface area contributed by atoms with Crippen molar-refractivity contribution in [2.45, 2.75) is 26.7 Å². The fourth-order valence-electron chi connectivity index (χ4n) is 4.62. The summed E-state index contributed by atoms with van der Waals surface area (Å²) in [7, 11) is 1.35. The number of anilines is 2. The molecule has 1 fully saturated rings. The van der Waals surface area contributed by atoms with Gasteiger partial charge in [0.05, 0.1) is 24.0 Å². The van der Waals surface area contributed by atoms with Gasteiger partial charge in [-0.25, -0.2) is 4.79 Å². The van der Waals surface area contributed by atoms with Crippen LogP contribution in [0.1, 0.15) is 44.6 Å². The predicted octanol–water partition coefficient (Wildman–Crippen LogP) is 3.68. The van der Waals surface area contributed by atoms with Gasteiger partial charge in [-0.3, -0.25) is 14.7 Å². The third-order valence-electron chi connectivity index (χ3n) is 6.63. The van der Waals surface area contributed by atoms with Gasteiger partial charge in [-0.2, -0.15) is 0 Å². The van der Waals surface area contributed by atoms with Gasteiger partial charge in [-0.1, -0.05) is 19.1 Å². The molecule has 35 heavy (non-hydrogen) atoms. The van der Waals surface area contributed by atoms with Crippen LogP contribution in [0.4, 0.5) is 11.4 Å². The number of rotatable bonds is 8. The molecular formula is C27H33N5O3. The van der Waals surface area contributed by atoms with Gasteiger partial charge in [0.2, 0.25) is 0 Å². The first-order valence-corrected chi connectivity index (χ1v) is 12.1. The molecule has 1 saturated heterocycles. The van der Waals surface area contributed by atoms with Crippen molar-refractivity contribution in [2.75, 3.05) is 50.1 Å². The summed E-state index contributed by atoms with van der Waals surface area (Å²) in [5, 5.41) is 3.06. The maximum atomic E-state index is 13.2. The molecule has 1 aromatic carbocycles. The van der Waals surface area contributed by atoms with Crippen LogP contribution in [-0.2, 0) is 17.6 Å². The summed E-state index contributed by atoms with van der Waals surface area (Å²) in [6.07, 6.45) is 5.29. The van der Waals surface area contributed by atoms with Crippen molar-refractivity contribution in [3.05, 3.63) is 76.9 Å². The molecule has 1 aliphatic rings. The highest BCUT2D eigenvalue weighted by molar-refractivity contribution is 6.08. The van der Waals surface area contributed by atoms with E-state index in [1.54, 1.807) is 6.92 Å². The molecule has 0 saturated carbocycles. The highest BCUT2D eigenvalue weighted by Crippen LogP contribution is 2.28. The number of esters is 1. The average molecular weight is 476 g/mol. The SMILES string of the molecule is CCc1[nH]c(C(=O)Nc2ccccc2N2CCN(CCc3ccncc3)CC2)c(C)c1C(=O)OC. The van der Waals surface area contributed by atoms with Crippen LogP contribution in [0.3, 0.4) is 0 Å². The first kappa shape index (κ1) is 24.5. The number of carbonyl (C=O) groups is 2. The number of piperazine rings is 1. The van der Waals surface area contributed by atoms with Crippen LogP contribution in [0, 0.1) is 6.92 Å². The van der Waals surface area contributed by atoms with Gasteiger partial charge in [0.15, 0.2) is 0 Å². The number of amides is 1. The molecule has 3 aromatic rings. The fourth-order valence-corrected chi connectivity index (χ4v) is 4.62. The van der Waals surface area contributed by atoms with Gasteiger partial charge in [0.1, 0.15) is 5.69 Å². The van der Waals surface area contributed by atoms with Crippen LogP contribution in [0.2, 0.25) is 0 Å². The number of nitrogens with one attached hydrogen (secondary N) is 2. The zero-order valence-electron chi connectivity index (χ0n) is 20.6. The first-order chi connectivity index (χ1) is 17.0. The summed E-state index contributed by atoms with van der Waals surface area (Å²) in [6, 6.07) is 12.0. The molecule has 0 radical (unpaired) electrons. The molecule has 2 aromatic heterocycles. The highest BCUT2D eigenvalue weighted by Gasteiger charge is 2.25. The van der Waals surface area contributed by atoms with Gasteiger partial charge >= 0.3 is 5.97 Å². The first-order valence-electron chi connectivity index (χ1n) is 12.1. The Hall–Kier alpha value is -3.65. The fraction of sp³-hybridized carbons (Fsp3) is 0.370. The minimum atomic E-state index is -0.433. The highest BCUT2D eigenvalue weighted by atomic mass is 16.5. The van der Waals surface area contributed by atoms with E-state index >= 15 is 0 Å². The van der Waals surface area contributed by atoms with Gasteiger partial charge in [0.25, 0.3) is 5.91 Å². The molecule has 3 heterocycles. The summed E-state index contributed by atoms with van der Waals surface area (Å²) >= 11 is 0. The van der Waals surface area contributed by atoms with Crippen molar-refractivity contribution in [1.29, 1.82) is 0 Å². The van der Waals surface area contributed by atoms with Gasteiger partial charge in [0, 0.05) is 50.8 Å². The summed E-state index contributed by atoms with van der Waals surface area (Å²) < 4.78 is 4.92. The number of aromatic nitrogens is 2. The quantitative estimate of drug-likeness (QED) is 0.483. The van der Waals surface area contributed by atoms with Crippen LogP contribution < -0.4 is 10.2 Å². The number of carbonyl (C=O) groups excluding carboxylic acids is 2. The van der Waals surface area contributed by atoms with E-state index in [1.165, 1.54) is 12.7 Å². The monoisotopic (exact) mass is 475 g/mol. The Balaban J connectivity index is 1.42. The van der Waals surface area contributed by atoms with Crippen LogP contribution in [0.15, 0.2) is 48.8 Å². The van der Waals surface area contributed by atoms with E-state index in [0.29, 0.717) is 28.9 Å². The van der Waals surface area contributed by atoms with E-state index in [2.05, 4.69) is 37.2 Å². The zero-order valence-corrected chi connectivity index (χ0v) is 20.6. The van der Waals surface area contributed by atoms with Gasteiger partial charge in [-0.15, -0.1) is 0 Å². The van der Waals surface area contributed by atoms with Crippen LogP contribution in [0.25, 0.3) is 0 Å². The normalized spacial score (nSPS) is 14.1. The van der Waals surface area contributed by atoms with Gasteiger partial charge in [-0.05, 0) is 55.2 Å². The van der Waals surface area contributed by atoms with Crippen LogP contribution in [-0.4, -0.2) is 66.6 Å². The van der Waals surface area contributed by atoms with Crippen LogP contribution in [0.5, 0.6) is 0 Å². The lowest BCUT2D eigenvalue weighted by Gasteiger charge is -2.37. The summed E-state index contributed by atoms with van der Waals surface area (Å²) in [4.78, 5) is 37.4. The van der Waals surface area contributed by atoms with E-state index in [-0.39, 0.29) is 5.91 Å². The smallest absolute Gasteiger partial charge is 0.339 e. The third kappa shape index (κ3) is 5.54. The lowest BCUT2D eigenvalue weighted by molar-refractivity contribution is 0.0599. The molecule has 8 heteroatoms. The van der Waals surface area contributed by atoms with Crippen LogP contribution >= 0.6 is 0 Å². The molecular weight excluding hydrogens is 442 g/mol. The van der Waals surface area contributed by atoms with E-state index < -0.39 is 5.97 Å². The minimum Gasteiger partial charge on any atom is -0.465 e. The molecule has 1 aliphatic heterocycles. The van der Waals surface area contributed by atoms with Crippen molar-refractivity contribution in [1.82, 2.24) is 14.9 Å². The maximum absolute atomic E-state index is 13.2. The Morgan fingerprint density at radius 2 is 1.80 bits per heavy atom. The largest absolute Gasteiger partial charge is 0.465 e. The number of aromatic amines is 1. The number of ether oxygens (including phenoxy) is 1. The van der Waals surface area contributed by atoms with Crippen molar-refractivity contribution in [3.8, 4) is 0 Å². The average Bonchev–Trinajstić information content (AvgIpc) is 3.24. The number of H-pyrrole nitrogens is 1. The summed E-state index contributed by atoms with van der Waals surface area (Å²) in [6.45, 7) is 8.43. The predicted molar refractivity (Wildman–Crippen MR) is 137 cm³/mol. The lowest BCUT2D eigenvalue weighted by atomic mass is 10.1. The molecule has 0 aliphatic carbocycles. The van der Waals surface area contributed by atoms with E-state index in [0.717, 1.165) is 50.5 Å². The number of hydrogen-bond donors (Lipinski definition) is 2. The number of benzene rings is 1. The molecule has 184 valence electrons. The van der Waals surface area contributed by atoms with Crippen molar-refractivity contribution < 1.29 is 14.3 Å². The lowest BCUT2D eigenvalue weighted by Crippen LogP contribution is -2.47. The minimum absolute atomic E-state index is 0.268. The van der Waals surface area contributed by atoms with Crippen molar-refractivity contribution in [2.24, 2.45) is 0 Å². The van der Waals surface area contributed by atoms with Crippen molar-refractivity contribution in [3.63, 3.8) is 0 Å². The number of hydrogen-bond acceptors (Lipinski definition) is 6. The Morgan fingerprint density at radius 1 is 1.09 bits per heavy atom. The van der Waals surface area contributed by atoms with Crippen molar-refractivity contribution >= 4 is 23.3 Å². The number of pyridine rings is 1. The molecule has 0 unspecified atom stereocenters. The number of methoxy groups -OCH3 is 1. The standard InChI is InChI=1S/C27H33N5O3/c1-4-21-24(27(34)35-3)19(2)25(29-21)26(33)30-22-7-5-6-8-23(22)32-17-15-31(16-18-32)14-11-20-9-12-28-13-10-20/h5-10,12-13,29H,4,11,14-18H2,1-3H3,(H,30,33). The second-order valence-corrected chi connectivity index (χ2v) is 8.73. The molecule has 0 spiro atoms. The molecule has 1 amide bonds. The number of para-hydroxylation sites is 2. The van der Waals surface area contributed by atoms with Gasteiger partial charge < -0.3 is 19.9 Å². The number of nitrogens with zero attached hydrogens (tertiary/aromatic N) is 3. The molecule has 0 atom stereocenters. The molecule has 2 N–H and O–H groups in total. The Labute approximate surface area is 206 Å². The Bertz CT molecular complexity index is 1170. The Kier molecular flexibility index (Phi) is 7.82. The summed E-state index contributed by atoms with van der Waals surface area (Å²) in [5.41, 5.74) is 5.20. The molecule has 4 rings (SSSR count). The second kappa shape index (κ2) is 11.2. The molecule has 8 nitrogen and oxygen atoms in total.